The van der Waals surface area contributed by atoms with Crippen LogP contribution in [0.5, 0.6) is 0 Å². The molecule has 4 heteroatoms. The fraction of sp³-hybridized carbons (Fsp3) is 0.273. The molecule has 1 aromatic carbocycles. The lowest BCUT2D eigenvalue weighted by Crippen LogP contribution is -2.17. The Morgan fingerprint density at radius 3 is 2.67 bits per heavy atom. The molecule has 0 unspecified atom stereocenters. The minimum Gasteiger partial charge on any atom is -0.361 e. The molecule has 0 fully saturated rings. The third kappa shape index (κ3) is 2.12. The molecule has 1 atom stereocenters. The van der Waals surface area contributed by atoms with Gasteiger partial charge in [0.2, 0.25) is 0 Å². The van der Waals surface area contributed by atoms with E-state index in [1.165, 1.54) is 5.56 Å². The van der Waals surface area contributed by atoms with Gasteiger partial charge >= 0.3 is 0 Å². The van der Waals surface area contributed by atoms with Crippen LogP contribution in [-0.2, 0) is 6.42 Å². The van der Waals surface area contributed by atoms with Crippen molar-refractivity contribution in [2.24, 2.45) is 5.73 Å². The first-order chi connectivity index (χ1) is 7.08. The molecule has 0 aliphatic heterocycles. The minimum absolute atomic E-state index is 0.137. The standard InChI is InChI=1S/C11H12Cl2N2/c1-6(14)2-7-5-15-11-4-10(13)9(12)3-8(7)11/h3-6,15H,2,14H2,1H3/t6-/m0/s1. The molecule has 0 saturated heterocycles. The van der Waals surface area contributed by atoms with Crippen molar-refractivity contribution in [3.8, 4) is 0 Å². The number of nitrogens with one attached hydrogen (secondary N) is 1. The molecule has 1 heterocycles. The van der Waals surface area contributed by atoms with Gasteiger partial charge in [0.1, 0.15) is 0 Å². The van der Waals surface area contributed by atoms with Crippen molar-refractivity contribution in [3.05, 3.63) is 33.9 Å². The first kappa shape index (κ1) is 10.8. The molecule has 0 radical (unpaired) electrons. The number of aromatic nitrogens is 1. The van der Waals surface area contributed by atoms with Gasteiger partial charge in [0.25, 0.3) is 0 Å². The van der Waals surface area contributed by atoms with E-state index in [9.17, 15) is 0 Å². The average Bonchev–Trinajstić information content (AvgIpc) is 2.49. The number of fused-ring (bicyclic) bond motifs is 1. The highest BCUT2D eigenvalue weighted by atomic mass is 35.5. The Hall–Kier alpha value is -0.700. The van der Waals surface area contributed by atoms with Gasteiger partial charge in [-0.25, -0.2) is 0 Å². The summed E-state index contributed by atoms with van der Waals surface area (Å²) in [6.07, 6.45) is 2.79. The van der Waals surface area contributed by atoms with E-state index < -0.39 is 0 Å². The zero-order valence-corrected chi connectivity index (χ0v) is 9.86. The van der Waals surface area contributed by atoms with Crippen LogP contribution in [-0.4, -0.2) is 11.0 Å². The van der Waals surface area contributed by atoms with E-state index in [2.05, 4.69) is 4.98 Å². The number of aromatic amines is 1. The van der Waals surface area contributed by atoms with Crippen LogP contribution in [0.3, 0.4) is 0 Å². The molecule has 2 aromatic rings. The van der Waals surface area contributed by atoms with Gasteiger partial charge in [0.15, 0.2) is 0 Å². The Balaban J connectivity index is 2.54. The summed E-state index contributed by atoms with van der Waals surface area (Å²) in [5, 5.41) is 2.25. The van der Waals surface area contributed by atoms with Crippen molar-refractivity contribution >= 4 is 34.1 Å². The van der Waals surface area contributed by atoms with Crippen LogP contribution in [0.4, 0.5) is 0 Å². The van der Waals surface area contributed by atoms with E-state index >= 15 is 0 Å². The van der Waals surface area contributed by atoms with Gasteiger partial charge in [-0.3, -0.25) is 0 Å². The van der Waals surface area contributed by atoms with E-state index in [-0.39, 0.29) is 6.04 Å². The minimum atomic E-state index is 0.137. The number of benzene rings is 1. The molecule has 0 aliphatic rings. The number of rotatable bonds is 2. The first-order valence-corrected chi connectivity index (χ1v) is 5.54. The summed E-state index contributed by atoms with van der Waals surface area (Å²) in [4.78, 5) is 3.16. The van der Waals surface area contributed by atoms with Gasteiger partial charge in [0.05, 0.1) is 10.0 Å². The number of hydrogen-bond donors (Lipinski definition) is 2. The number of H-pyrrole nitrogens is 1. The van der Waals surface area contributed by atoms with E-state index in [0.717, 1.165) is 17.3 Å². The van der Waals surface area contributed by atoms with Crippen LogP contribution < -0.4 is 5.73 Å². The summed E-state index contributed by atoms with van der Waals surface area (Å²) in [6, 6.07) is 3.86. The molecule has 0 amide bonds. The van der Waals surface area contributed by atoms with Gasteiger partial charge in [-0.2, -0.15) is 0 Å². The van der Waals surface area contributed by atoms with Crippen LogP contribution in [0.25, 0.3) is 10.9 Å². The molecular formula is C11H12Cl2N2. The normalized spacial score (nSPS) is 13.3. The molecule has 0 saturated carbocycles. The van der Waals surface area contributed by atoms with Gasteiger partial charge in [-0.1, -0.05) is 23.2 Å². The molecule has 3 N–H and O–H groups in total. The number of nitrogens with two attached hydrogens (primary N) is 1. The van der Waals surface area contributed by atoms with E-state index in [4.69, 9.17) is 28.9 Å². The molecule has 0 aliphatic carbocycles. The molecule has 2 rings (SSSR count). The monoisotopic (exact) mass is 242 g/mol. The van der Waals surface area contributed by atoms with Crippen LogP contribution >= 0.6 is 23.2 Å². The highest BCUT2D eigenvalue weighted by Crippen LogP contribution is 2.29. The highest BCUT2D eigenvalue weighted by Gasteiger charge is 2.08. The van der Waals surface area contributed by atoms with Crippen LogP contribution in [0.15, 0.2) is 18.3 Å². The van der Waals surface area contributed by atoms with Crippen LogP contribution in [0.1, 0.15) is 12.5 Å². The Morgan fingerprint density at radius 2 is 2.00 bits per heavy atom. The second kappa shape index (κ2) is 4.05. The molecule has 1 aromatic heterocycles. The maximum absolute atomic E-state index is 5.98. The zero-order valence-electron chi connectivity index (χ0n) is 8.35. The summed E-state index contributed by atoms with van der Waals surface area (Å²) >= 11 is 11.9. The molecule has 15 heavy (non-hydrogen) atoms. The lowest BCUT2D eigenvalue weighted by atomic mass is 10.1. The third-order valence-electron chi connectivity index (χ3n) is 2.35. The molecule has 0 spiro atoms. The maximum atomic E-state index is 5.98. The van der Waals surface area contributed by atoms with Crippen LogP contribution in [0, 0.1) is 0 Å². The predicted octanol–water partition coefficient (Wildman–Crippen LogP) is 3.36. The lowest BCUT2D eigenvalue weighted by Gasteiger charge is -2.03. The predicted molar refractivity (Wildman–Crippen MR) is 65.7 cm³/mol. The second-order valence-electron chi connectivity index (χ2n) is 3.81. The Labute approximate surface area is 98.4 Å². The number of halogens is 2. The topological polar surface area (TPSA) is 41.8 Å². The fourth-order valence-corrected chi connectivity index (χ4v) is 2.02. The van der Waals surface area contributed by atoms with Gasteiger partial charge in [-0.05, 0) is 31.0 Å². The fourth-order valence-electron chi connectivity index (χ4n) is 1.69. The summed E-state index contributed by atoms with van der Waals surface area (Å²) in [6.45, 7) is 1.98. The summed E-state index contributed by atoms with van der Waals surface area (Å²) < 4.78 is 0. The van der Waals surface area contributed by atoms with Crippen molar-refractivity contribution in [1.82, 2.24) is 4.98 Å². The smallest absolute Gasteiger partial charge is 0.0613 e. The summed E-state index contributed by atoms with van der Waals surface area (Å²) in [5.74, 6) is 0. The Morgan fingerprint density at radius 1 is 1.33 bits per heavy atom. The zero-order chi connectivity index (χ0) is 11.0. The van der Waals surface area contributed by atoms with Gasteiger partial charge in [-0.15, -0.1) is 0 Å². The Bertz CT molecular complexity index is 489. The second-order valence-corrected chi connectivity index (χ2v) is 4.62. The van der Waals surface area contributed by atoms with Crippen LogP contribution in [0.2, 0.25) is 10.0 Å². The lowest BCUT2D eigenvalue weighted by molar-refractivity contribution is 0.741. The van der Waals surface area contributed by atoms with Crippen molar-refractivity contribution in [2.45, 2.75) is 19.4 Å². The van der Waals surface area contributed by atoms with Gasteiger partial charge < -0.3 is 10.7 Å². The molecule has 80 valence electrons. The highest BCUT2D eigenvalue weighted by molar-refractivity contribution is 6.42. The van der Waals surface area contributed by atoms with Crippen molar-refractivity contribution in [3.63, 3.8) is 0 Å². The van der Waals surface area contributed by atoms with E-state index in [1.54, 1.807) is 0 Å². The summed E-state index contributed by atoms with van der Waals surface area (Å²) in [5.41, 5.74) is 7.95. The largest absolute Gasteiger partial charge is 0.361 e. The van der Waals surface area contributed by atoms with Crippen molar-refractivity contribution < 1.29 is 0 Å². The summed E-state index contributed by atoms with van der Waals surface area (Å²) in [7, 11) is 0. The van der Waals surface area contributed by atoms with E-state index in [0.29, 0.717) is 10.0 Å². The molecule has 2 nitrogen and oxygen atoms in total. The van der Waals surface area contributed by atoms with Gasteiger partial charge in [0, 0.05) is 23.1 Å². The molecular weight excluding hydrogens is 231 g/mol. The first-order valence-electron chi connectivity index (χ1n) is 4.78. The van der Waals surface area contributed by atoms with E-state index in [1.807, 2.05) is 25.3 Å². The SMILES string of the molecule is C[C@H](N)Cc1c[nH]c2cc(Cl)c(Cl)cc12. The quantitative estimate of drug-likeness (QED) is 0.834. The number of hydrogen-bond acceptors (Lipinski definition) is 1. The van der Waals surface area contributed by atoms with Crippen molar-refractivity contribution in [2.75, 3.05) is 0 Å². The van der Waals surface area contributed by atoms with Crippen molar-refractivity contribution in [1.29, 1.82) is 0 Å². The Kier molecular flexibility index (Phi) is 2.91. The molecule has 0 bridgehead atoms. The average molecular weight is 243 g/mol. The third-order valence-corrected chi connectivity index (χ3v) is 3.07. The maximum Gasteiger partial charge on any atom is 0.0613 e.